The van der Waals surface area contributed by atoms with Gasteiger partial charge in [0, 0.05) is 12.8 Å². The van der Waals surface area contributed by atoms with Crippen LogP contribution in [0.25, 0.3) is 0 Å². The fourth-order valence-electron chi connectivity index (χ4n) is 1.45. The lowest BCUT2D eigenvalue weighted by atomic mass is 10.2. The van der Waals surface area contributed by atoms with Crippen molar-refractivity contribution in [2.45, 2.75) is 19.3 Å². The summed E-state index contributed by atoms with van der Waals surface area (Å²) < 4.78 is 12.7. The first-order valence-corrected chi connectivity index (χ1v) is 6.22. The molecular weight excluding hydrogens is 255 g/mol. The Morgan fingerprint density at radius 3 is 2.56 bits per heavy atom. The van der Waals surface area contributed by atoms with Crippen molar-refractivity contribution >= 4 is 17.3 Å². The number of nitrogens with zero attached hydrogens (tertiary/aromatic N) is 2. The molecule has 0 atom stereocenters. The standard InChI is InChI=1S/C12H11FN2O2S/c13-9-3-1-8(2-4-9)7-11-15-14-10(18-11)5-6-12(16)17/h1-4H,5-7H2,(H,16,17). The summed E-state index contributed by atoms with van der Waals surface area (Å²) in [6.45, 7) is 0. The van der Waals surface area contributed by atoms with E-state index in [1.165, 1.54) is 23.5 Å². The molecule has 0 radical (unpaired) electrons. The Morgan fingerprint density at radius 1 is 1.22 bits per heavy atom. The third-order valence-electron chi connectivity index (χ3n) is 2.33. The minimum absolute atomic E-state index is 0.0607. The summed E-state index contributed by atoms with van der Waals surface area (Å²) in [4.78, 5) is 10.4. The predicted molar refractivity (Wildman–Crippen MR) is 65.1 cm³/mol. The molecule has 0 bridgehead atoms. The van der Waals surface area contributed by atoms with Crippen molar-refractivity contribution in [1.82, 2.24) is 10.2 Å². The minimum atomic E-state index is -0.842. The molecule has 1 N–H and O–H groups in total. The third kappa shape index (κ3) is 3.59. The number of hydrogen-bond acceptors (Lipinski definition) is 4. The Labute approximate surface area is 107 Å². The molecule has 6 heteroatoms. The number of rotatable bonds is 5. The van der Waals surface area contributed by atoms with Gasteiger partial charge in [-0.1, -0.05) is 12.1 Å². The van der Waals surface area contributed by atoms with Crippen molar-refractivity contribution in [1.29, 1.82) is 0 Å². The molecule has 0 amide bonds. The number of hydrogen-bond donors (Lipinski definition) is 1. The number of aromatic nitrogens is 2. The van der Waals surface area contributed by atoms with Crippen LogP contribution in [-0.2, 0) is 17.6 Å². The first kappa shape index (κ1) is 12.6. The van der Waals surface area contributed by atoms with Crippen molar-refractivity contribution in [3.63, 3.8) is 0 Å². The maximum Gasteiger partial charge on any atom is 0.303 e. The van der Waals surface area contributed by atoms with Gasteiger partial charge in [0.15, 0.2) is 0 Å². The zero-order chi connectivity index (χ0) is 13.0. The molecule has 0 aliphatic rings. The van der Waals surface area contributed by atoms with Crippen molar-refractivity contribution in [3.8, 4) is 0 Å². The van der Waals surface area contributed by atoms with Crippen molar-refractivity contribution < 1.29 is 14.3 Å². The second-order valence-electron chi connectivity index (χ2n) is 3.79. The molecule has 2 rings (SSSR count). The van der Waals surface area contributed by atoms with Crippen molar-refractivity contribution in [3.05, 3.63) is 45.7 Å². The van der Waals surface area contributed by atoms with E-state index in [-0.39, 0.29) is 12.2 Å². The van der Waals surface area contributed by atoms with E-state index >= 15 is 0 Å². The Kier molecular flexibility index (Phi) is 3.99. The minimum Gasteiger partial charge on any atom is -0.481 e. The normalized spacial score (nSPS) is 10.5. The highest BCUT2D eigenvalue weighted by molar-refractivity contribution is 7.11. The van der Waals surface area contributed by atoms with Crippen LogP contribution in [0.1, 0.15) is 22.0 Å². The fraction of sp³-hybridized carbons (Fsp3) is 0.250. The first-order valence-electron chi connectivity index (χ1n) is 5.41. The Balaban J connectivity index is 1.97. The third-order valence-corrected chi connectivity index (χ3v) is 3.31. The van der Waals surface area contributed by atoms with Crippen LogP contribution in [0, 0.1) is 5.82 Å². The number of aliphatic carboxylic acids is 1. The molecule has 18 heavy (non-hydrogen) atoms. The molecule has 1 heterocycles. The average Bonchev–Trinajstić information content (AvgIpc) is 2.77. The number of halogens is 1. The molecule has 0 spiro atoms. The van der Waals surface area contributed by atoms with Crippen LogP contribution < -0.4 is 0 Å². The first-order chi connectivity index (χ1) is 8.63. The van der Waals surface area contributed by atoms with Crippen molar-refractivity contribution in [2.75, 3.05) is 0 Å². The maximum absolute atomic E-state index is 12.7. The van der Waals surface area contributed by atoms with Crippen LogP contribution in [0.5, 0.6) is 0 Å². The van der Waals surface area contributed by atoms with E-state index in [2.05, 4.69) is 10.2 Å². The van der Waals surface area contributed by atoms with E-state index in [1.807, 2.05) is 0 Å². The molecule has 1 aromatic heterocycles. The van der Waals surface area contributed by atoms with Crippen LogP contribution in [0.2, 0.25) is 0 Å². The largest absolute Gasteiger partial charge is 0.481 e. The quantitative estimate of drug-likeness (QED) is 0.901. The molecule has 4 nitrogen and oxygen atoms in total. The Morgan fingerprint density at radius 2 is 1.89 bits per heavy atom. The number of benzene rings is 1. The summed E-state index contributed by atoms with van der Waals surface area (Å²) in [7, 11) is 0. The number of aryl methyl sites for hydroxylation is 1. The SMILES string of the molecule is O=C(O)CCc1nnc(Cc2ccc(F)cc2)s1. The molecule has 94 valence electrons. The number of carboxylic acids is 1. The van der Waals surface area contributed by atoms with Crippen LogP contribution >= 0.6 is 11.3 Å². The lowest BCUT2D eigenvalue weighted by Gasteiger charge is -1.96. The Hall–Kier alpha value is -1.82. The molecular formula is C12H11FN2O2S. The zero-order valence-electron chi connectivity index (χ0n) is 9.47. The van der Waals surface area contributed by atoms with Gasteiger partial charge in [0.2, 0.25) is 0 Å². The summed E-state index contributed by atoms with van der Waals surface area (Å²) in [6, 6.07) is 6.21. The van der Waals surface area contributed by atoms with Gasteiger partial charge in [0.05, 0.1) is 6.42 Å². The van der Waals surface area contributed by atoms with Gasteiger partial charge in [-0.25, -0.2) is 4.39 Å². The smallest absolute Gasteiger partial charge is 0.303 e. The fourth-order valence-corrected chi connectivity index (χ4v) is 2.33. The Bertz CT molecular complexity index is 539. The van der Waals surface area contributed by atoms with E-state index < -0.39 is 5.97 Å². The maximum atomic E-state index is 12.7. The van der Waals surface area contributed by atoms with Crippen LogP contribution in [0.3, 0.4) is 0 Å². The van der Waals surface area contributed by atoms with Gasteiger partial charge in [-0.3, -0.25) is 4.79 Å². The number of carbonyl (C=O) groups is 1. The zero-order valence-corrected chi connectivity index (χ0v) is 10.3. The van der Waals surface area contributed by atoms with Crippen molar-refractivity contribution in [2.24, 2.45) is 0 Å². The van der Waals surface area contributed by atoms with Gasteiger partial charge in [0.25, 0.3) is 0 Å². The molecule has 0 saturated carbocycles. The summed E-state index contributed by atoms with van der Waals surface area (Å²) in [5, 5.41) is 18.0. The van der Waals surface area contributed by atoms with Gasteiger partial charge in [-0.15, -0.1) is 21.5 Å². The van der Waals surface area contributed by atoms with Gasteiger partial charge >= 0.3 is 5.97 Å². The van der Waals surface area contributed by atoms with Gasteiger partial charge in [-0.05, 0) is 17.7 Å². The van der Waals surface area contributed by atoms with Crippen LogP contribution in [0.4, 0.5) is 4.39 Å². The molecule has 2 aromatic rings. The van der Waals surface area contributed by atoms with E-state index in [0.717, 1.165) is 15.6 Å². The van der Waals surface area contributed by atoms with E-state index in [4.69, 9.17) is 5.11 Å². The second-order valence-corrected chi connectivity index (χ2v) is 4.93. The summed E-state index contributed by atoms with van der Waals surface area (Å²) >= 11 is 1.39. The van der Waals surface area contributed by atoms with Crippen LogP contribution in [-0.4, -0.2) is 21.3 Å². The number of carboxylic acid groups (broad SMARTS) is 1. The topological polar surface area (TPSA) is 63.1 Å². The van der Waals surface area contributed by atoms with E-state index in [9.17, 15) is 9.18 Å². The molecule has 1 aromatic carbocycles. The van der Waals surface area contributed by atoms with E-state index in [1.54, 1.807) is 12.1 Å². The summed E-state index contributed by atoms with van der Waals surface area (Å²) in [5.74, 6) is -1.11. The van der Waals surface area contributed by atoms with Crippen LogP contribution in [0.15, 0.2) is 24.3 Å². The molecule has 0 unspecified atom stereocenters. The molecule has 0 aliphatic heterocycles. The van der Waals surface area contributed by atoms with Gasteiger partial charge in [-0.2, -0.15) is 0 Å². The van der Waals surface area contributed by atoms with Gasteiger partial charge in [0.1, 0.15) is 15.8 Å². The monoisotopic (exact) mass is 266 g/mol. The molecule has 0 saturated heterocycles. The predicted octanol–water partition coefficient (Wildman–Crippen LogP) is 2.29. The lowest BCUT2D eigenvalue weighted by molar-refractivity contribution is -0.136. The second kappa shape index (κ2) is 5.68. The molecule has 0 fully saturated rings. The molecule has 0 aliphatic carbocycles. The highest BCUT2D eigenvalue weighted by atomic mass is 32.1. The lowest BCUT2D eigenvalue weighted by Crippen LogP contribution is -1.96. The van der Waals surface area contributed by atoms with E-state index in [0.29, 0.717) is 12.8 Å². The highest BCUT2D eigenvalue weighted by Gasteiger charge is 2.07. The summed E-state index contributed by atoms with van der Waals surface area (Å²) in [5.41, 5.74) is 0.956. The highest BCUT2D eigenvalue weighted by Crippen LogP contribution is 2.16. The average molecular weight is 266 g/mol. The van der Waals surface area contributed by atoms with Gasteiger partial charge < -0.3 is 5.11 Å². The summed E-state index contributed by atoms with van der Waals surface area (Å²) in [6.07, 6.45) is 1.05.